The molecule has 1 amide bonds. The zero-order chi connectivity index (χ0) is 15.4. The van der Waals surface area contributed by atoms with Gasteiger partial charge >= 0.3 is 0 Å². The van der Waals surface area contributed by atoms with E-state index in [1.807, 2.05) is 36.1 Å². The fraction of sp³-hybridized carbons (Fsp3) is 0.588. The Morgan fingerprint density at radius 3 is 2.59 bits per heavy atom. The van der Waals surface area contributed by atoms with Gasteiger partial charge in [0.1, 0.15) is 5.75 Å². The van der Waals surface area contributed by atoms with Gasteiger partial charge in [0, 0.05) is 19.1 Å². The number of rotatable bonds is 4. The number of hydrogen-bond acceptors (Lipinski definition) is 3. The first-order chi connectivity index (χ1) is 10.1. The number of carbonyl (C=O) groups is 1. The molecular formula is C17H27ClN2O2. The summed E-state index contributed by atoms with van der Waals surface area (Å²) in [5, 5.41) is 0. The van der Waals surface area contributed by atoms with E-state index in [2.05, 4.69) is 6.92 Å². The molecule has 0 saturated carbocycles. The highest BCUT2D eigenvalue weighted by atomic mass is 35.5. The van der Waals surface area contributed by atoms with Crippen molar-refractivity contribution in [2.45, 2.75) is 38.6 Å². The summed E-state index contributed by atoms with van der Waals surface area (Å²) in [6.07, 6.45) is 2.08. The number of nitrogens with two attached hydrogens (primary N) is 1. The third-order valence-corrected chi connectivity index (χ3v) is 4.52. The van der Waals surface area contributed by atoms with E-state index in [1.165, 1.54) is 0 Å². The van der Waals surface area contributed by atoms with E-state index in [-0.39, 0.29) is 30.3 Å². The molecule has 124 valence electrons. The van der Waals surface area contributed by atoms with Gasteiger partial charge in [0.15, 0.2) is 0 Å². The lowest BCUT2D eigenvalue weighted by atomic mass is 9.90. The summed E-state index contributed by atoms with van der Waals surface area (Å²) in [6, 6.07) is 7.91. The summed E-state index contributed by atoms with van der Waals surface area (Å²) in [6.45, 7) is 5.57. The molecule has 1 aliphatic heterocycles. The van der Waals surface area contributed by atoms with Crippen molar-refractivity contribution in [3.63, 3.8) is 0 Å². The van der Waals surface area contributed by atoms with E-state index in [9.17, 15) is 4.79 Å². The first-order valence-corrected chi connectivity index (χ1v) is 7.71. The van der Waals surface area contributed by atoms with E-state index >= 15 is 0 Å². The highest BCUT2D eigenvalue weighted by Crippen LogP contribution is 2.27. The number of amides is 1. The van der Waals surface area contributed by atoms with Crippen molar-refractivity contribution in [2.24, 2.45) is 11.7 Å². The van der Waals surface area contributed by atoms with Gasteiger partial charge in [-0.15, -0.1) is 12.4 Å². The van der Waals surface area contributed by atoms with Crippen LogP contribution in [0.2, 0.25) is 0 Å². The summed E-state index contributed by atoms with van der Waals surface area (Å²) >= 11 is 0. The second-order valence-corrected chi connectivity index (χ2v) is 6.05. The van der Waals surface area contributed by atoms with Crippen molar-refractivity contribution in [2.75, 3.05) is 20.2 Å². The summed E-state index contributed by atoms with van der Waals surface area (Å²) in [5.41, 5.74) is 6.88. The predicted octanol–water partition coefficient (Wildman–Crippen LogP) is 2.81. The molecule has 1 fully saturated rings. The number of benzene rings is 1. The summed E-state index contributed by atoms with van der Waals surface area (Å²) in [5.74, 6) is 1.50. The van der Waals surface area contributed by atoms with Crippen LogP contribution in [-0.4, -0.2) is 37.0 Å². The minimum atomic E-state index is -0.140. The molecule has 1 aromatic rings. The van der Waals surface area contributed by atoms with Crippen LogP contribution in [0, 0.1) is 5.92 Å². The van der Waals surface area contributed by atoms with Crippen LogP contribution in [0.25, 0.3) is 0 Å². The van der Waals surface area contributed by atoms with Crippen LogP contribution in [-0.2, 0) is 4.79 Å². The number of hydrogen-bond donors (Lipinski definition) is 1. The first-order valence-electron chi connectivity index (χ1n) is 7.71. The smallest absolute Gasteiger partial charge is 0.230 e. The fourth-order valence-electron chi connectivity index (χ4n) is 3.05. The maximum atomic E-state index is 12.8. The molecule has 1 aliphatic rings. The standard InChI is InChI=1S/C17H26N2O2.ClH/c1-12-8-9-19(15(10-12)11-18)17(20)13(2)14-4-6-16(21-3)7-5-14;/h4-7,12-13,15H,8-11,18H2,1-3H3;1H. The van der Waals surface area contributed by atoms with Crippen molar-refractivity contribution in [3.05, 3.63) is 29.8 Å². The minimum absolute atomic E-state index is 0. The highest BCUT2D eigenvalue weighted by Gasteiger charge is 2.31. The second kappa shape index (κ2) is 8.39. The van der Waals surface area contributed by atoms with Gasteiger partial charge in [-0.1, -0.05) is 19.1 Å². The van der Waals surface area contributed by atoms with Crippen molar-refractivity contribution in [1.82, 2.24) is 4.90 Å². The molecule has 2 N–H and O–H groups in total. The van der Waals surface area contributed by atoms with E-state index in [4.69, 9.17) is 10.5 Å². The van der Waals surface area contributed by atoms with Crippen LogP contribution >= 0.6 is 12.4 Å². The number of ether oxygens (including phenoxy) is 1. The molecule has 2 rings (SSSR count). The molecule has 0 aromatic heterocycles. The fourth-order valence-corrected chi connectivity index (χ4v) is 3.05. The number of halogens is 1. The third kappa shape index (κ3) is 4.14. The van der Waals surface area contributed by atoms with Crippen LogP contribution in [0.4, 0.5) is 0 Å². The number of nitrogens with zero attached hydrogens (tertiary/aromatic N) is 1. The Balaban J connectivity index is 0.00000242. The lowest BCUT2D eigenvalue weighted by Crippen LogP contribution is -2.50. The average Bonchev–Trinajstić information content (AvgIpc) is 2.53. The zero-order valence-electron chi connectivity index (χ0n) is 13.6. The van der Waals surface area contributed by atoms with Gasteiger partial charge in [-0.25, -0.2) is 0 Å². The van der Waals surface area contributed by atoms with Gasteiger partial charge in [0.05, 0.1) is 13.0 Å². The van der Waals surface area contributed by atoms with E-state index in [0.717, 1.165) is 30.7 Å². The predicted molar refractivity (Wildman–Crippen MR) is 91.6 cm³/mol. The molecule has 22 heavy (non-hydrogen) atoms. The number of likely N-dealkylation sites (tertiary alicyclic amines) is 1. The molecule has 0 radical (unpaired) electrons. The van der Waals surface area contributed by atoms with E-state index in [1.54, 1.807) is 7.11 Å². The Morgan fingerprint density at radius 1 is 1.41 bits per heavy atom. The Morgan fingerprint density at radius 2 is 2.05 bits per heavy atom. The second-order valence-electron chi connectivity index (χ2n) is 6.05. The van der Waals surface area contributed by atoms with Crippen LogP contribution in [0.15, 0.2) is 24.3 Å². The largest absolute Gasteiger partial charge is 0.497 e. The number of piperidine rings is 1. The zero-order valence-corrected chi connectivity index (χ0v) is 14.4. The average molecular weight is 327 g/mol. The summed E-state index contributed by atoms with van der Waals surface area (Å²) in [7, 11) is 1.64. The minimum Gasteiger partial charge on any atom is -0.497 e. The number of methoxy groups -OCH3 is 1. The van der Waals surface area contributed by atoms with Crippen LogP contribution in [0.3, 0.4) is 0 Å². The molecule has 1 aromatic carbocycles. The van der Waals surface area contributed by atoms with Gasteiger partial charge in [0.25, 0.3) is 0 Å². The van der Waals surface area contributed by atoms with E-state index < -0.39 is 0 Å². The Hall–Kier alpha value is -1.26. The Kier molecular flexibility index (Phi) is 7.17. The topological polar surface area (TPSA) is 55.6 Å². The van der Waals surface area contributed by atoms with Crippen molar-refractivity contribution in [1.29, 1.82) is 0 Å². The van der Waals surface area contributed by atoms with Gasteiger partial charge in [-0.2, -0.15) is 0 Å². The maximum absolute atomic E-state index is 12.8. The lowest BCUT2D eigenvalue weighted by Gasteiger charge is -2.39. The van der Waals surface area contributed by atoms with Crippen molar-refractivity contribution >= 4 is 18.3 Å². The highest BCUT2D eigenvalue weighted by molar-refractivity contribution is 5.85. The van der Waals surface area contributed by atoms with Gasteiger partial charge in [0.2, 0.25) is 5.91 Å². The van der Waals surface area contributed by atoms with Crippen LogP contribution in [0.1, 0.15) is 38.2 Å². The Labute approximate surface area is 139 Å². The molecule has 4 nitrogen and oxygen atoms in total. The molecule has 0 aliphatic carbocycles. The molecule has 3 unspecified atom stereocenters. The molecule has 5 heteroatoms. The Bertz CT molecular complexity index is 478. The van der Waals surface area contributed by atoms with Gasteiger partial charge < -0.3 is 15.4 Å². The quantitative estimate of drug-likeness (QED) is 0.925. The first kappa shape index (κ1) is 18.8. The van der Waals surface area contributed by atoms with Crippen molar-refractivity contribution < 1.29 is 9.53 Å². The molecule has 0 spiro atoms. The summed E-state index contributed by atoms with van der Waals surface area (Å²) < 4.78 is 5.16. The third-order valence-electron chi connectivity index (χ3n) is 4.52. The number of carbonyl (C=O) groups excluding carboxylic acids is 1. The van der Waals surface area contributed by atoms with Gasteiger partial charge in [-0.05, 0) is 43.4 Å². The molecular weight excluding hydrogens is 300 g/mol. The van der Waals surface area contributed by atoms with Crippen molar-refractivity contribution in [3.8, 4) is 5.75 Å². The molecule has 1 saturated heterocycles. The van der Waals surface area contributed by atoms with Crippen LogP contribution < -0.4 is 10.5 Å². The lowest BCUT2D eigenvalue weighted by molar-refractivity contribution is -0.136. The SMILES string of the molecule is COc1ccc(C(C)C(=O)N2CCC(C)CC2CN)cc1.Cl. The monoisotopic (exact) mass is 326 g/mol. The molecule has 3 atom stereocenters. The normalized spacial score (nSPS) is 22.6. The maximum Gasteiger partial charge on any atom is 0.230 e. The van der Waals surface area contributed by atoms with Crippen LogP contribution in [0.5, 0.6) is 5.75 Å². The molecule has 0 bridgehead atoms. The van der Waals surface area contributed by atoms with E-state index in [0.29, 0.717) is 12.5 Å². The molecule has 1 heterocycles. The van der Waals surface area contributed by atoms with Gasteiger partial charge in [-0.3, -0.25) is 4.79 Å². The summed E-state index contributed by atoms with van der Waals surface area (Å²) in [4.78, 5) is 14.7.